The molecule has 3 N–H and O–H groups in total. The monoisotopic (exact) mass is 235 g/mol. The third kappa shape index (κ3) is 2.47. The number of likely N-dealkylation sites (N-methyl/N-ethyl adjacent to an activating group) is 1. The molecule has 1 aromatic rings. The highest BCUT2D eigenvalue weighted by molar-refractivity contribution is 6.02. The van der Waals surface area contributed by atoms with Gasteiger partial charge in [0.2, 0.25) is 0 Å². The van der Waals surface area contributed by atoms with E-state index < -0.39 is 0 Å². The summed E-state index contributed by atoms with van der Waals surface area (Å²) in [6, 6.07) is 1.77. The topological polar surface area (TPSA) is 78.0 Å². The molecule has 6 heteroatoms. The van der Waals surface area contributed by atoms with Gasteiger partial charge in [-0.1, -0.05) is 5.16 Å². The maximum Gasteiger partial charge on any atom is 0.172 e. The van der Waals surface area contributed by atoms with Crippen molar-refractivity contribution in [2.24, 2.45) is 10.9 Å². The van der Waals surface area contributed by atoms with E-state index in [2.05, 4.69) is 27.0 Å². The maximum atomic E-state index is 8.77. The van der Waals surface area contributed by atoms with Crippen LogP contribution in [0.25, 0.3) is 0 Å². The van der Waals surface area contributed by atoms with Gasteiger partial charge < -0.3 is 20.7 Å². The van der Waals surface area contributed by atoms with Crippen molar-refractivity contribution in [2.45, 2.75) is 0 Å². The molecule has 1 fully saturated rings. The Morgan fingerprint density at radius 1 is 1.41 bits per heavy atom. The average Bonchev–Trinajstić information content (AvgIpc) is 2.39. The summed E-state index contributed by atoms with van der Waals surface area (Å²) in [5.74, 6) is 0.126. The van der Waals surface area contributed by atoms with Gasteiger partial charge in [0.15, 0.2) is 5.84 Å². The lowest BCUT2D eigenvalue weighted by Gasteiger charge is -2.34. The molecule has 0 saturated carbocycles. The Morgan fingerprint density at radius 2 is 2.12 bits per heavy atom. The first-order valence-corrected chi connectivity index (χ1v) is 5.58. The molecule has 1 aromatic heterocycles. The summed E-state index contributed by atoms with van der Waals surface area (Å²) >= 11 is 0. The van der Waals surface area contributed by atoms with Gasteiger partial charge >= 0.3 is 0 Å². The third-order valence-corrected chi connectivity index (χ3v) is 3.03. The highest BCUT2D eigenvalue weighted by Crippen LogP contribution is 2.20. The second kappa shape index (κ2) is 5.01. The minimum Gasteiger partial charge on any atom is -0.409 e. The Bertz CT molecular complexity index is 412. The van der Waals surface area contributed by atoms with Gasteiger partial charge in [-0.25, -0.2) is 0 Å². The fourth-order valence-electron chi connectivity index (χ4n) is 1.96. The highest BCUT2D eigenvalue weighted by Gasteiger charge is 2.18. The first kappa shape index (κ1) is 11.7. The van der Waals surface area contributed by atoms with E-state index >= 15 is 0 Å². The van der Waals surface area contributed by atoms with Gasteiger partial charge in [-0.2, -0.15) is 0 Å². The number of rotatable bonds is 2. The van der Waals surface area contributed by atoms with Gasteiger partial charge in [-0.3, -0.25) is 4.98 Å². The van der Waals surface area contributed by atoms with Crippen LogP contribution < -0.4 is 10.6 Å². The molecule has 0 unspecified atom stereocenters. The van der Waals surface area contributed by atoms with Crippen LogP contribution in [0.3, 0.4) is 0 Å². The third-order valence-electron chi connectivity index (χ3n) is 3.03. The first-order chi connectivity index (χ1) is 8.22. The van der Waals surface area contributed by atoms with Crippen molar-refractivity contribution in [2.75, 3.05) is 38.1 Å². The van der Waals surface area contributed by atoms with Crippen molar-refractivity contribution < 1.29 is 5.21 Å². The normalized spacial score (nSPS) is 18.4. The number of hydrogen-bond donors (Lipinski definition) is 2. The van der Waals surface area contributed by atoms with E-state index in [1.165, 1.54) is 0 Å². The molecule has 2 heterocycles. The molecule has 1 saturated heterocycles. The van der Waals surface area contributed by atoms with Crippen LogP contribution in [0.5, 0.6) is 0 Å². The Kier molecular flexibility index (Phi) is 3.43. The molecule has 0 atom stereocenters. The molecule has 1 aliphatic rings. The number of nitrogens with two attached hydrogens (primary N) is 1. The lowest BCUT2D eigenvalue weighted by Crippen LogP contribution is -2.45. The molecule has 1 aliphatic heterocycles. The average molecular weight is 235 g/mol. The summed E-state index contributed by atoms with van der Waals surface area (Å²) in [4.78, 5) is 8.59. The number of aromatic nitrogens is 1. The molecular weight excluding hydrogens is 218 g/mol. The minimum absolute atomic E-state index is 0.126. The number of piperazine rings is 1. The summed E-state index contributed by atoms with van der Waals surface area (Å²) in [6.45, 7) is 3.86. The molecule has 0 amide bonds. The summed E-state index contributed by atoms with van der Waals surface area (Å²) in [5.41, 5.74) is 7.32. The number of pyridine rings is 1. The molecule has 17 heavy (non-hydrogen) atoms. The van der Waals surface area contributed by atoms with Gasteiger partial charge in [-0.05, 0) is 13.1 Å². The number of amidine groups is 1. The predicted octanol–water partition coefficient (Wildman–Crippen LogP) is -0.0721. The molecule has 0 radical (unpaired) electrons. The van der Waals surface area contributed by atoms with E-state index in [-0.39, 0.29) is 5.84 Å². The van der Waals surface area contributed by atoms with Crippen LogP contribution in [-0.4, -0.2) is 54.2 Å². The summed E-state index contributed by atoms with van der Waals surface area (Å²) in [7, 11) is 2.10. The lowest BCUT2D eigenvalue weighted by atomic mass is 10.1. The Hall–Kier alpha value is -1.82. The lowest BCUT2D eigenvalue weighted by molar-refractivity contribution is 0.312. The van der Waals surface area contributed by atoms with Gasteiger partial charge in [0.25, 0.3) is 0 Å². The Balaban J connectivity index is 2.26. The largest absolute Gasteiger partial charge is 0.409 e. The molecular formula is C11H17N5O. The molecule has 0 bridgehead atoms. The van der Waals surface area contributed by atoms with Crippen LogP contribution in [0, 0.1) is 0 Å². The van der Waals surface area contributed by atoms with Gasteiger partial charge in [-0.15, -0.1) is 0 Å². The molecule has 2 rings (SSSR count). The fraction of sp³-hybridized carbons (Fsp3) is 0.455. The zero-order valence-corrected chi connectivity index (χ0v) is 9.87. The molecule has 92 valence electrons. The van der Waals surface area contributed by atoms with Crippen LogP contribution in [0.2, 0.25) is 0 Å². The number of oxime groups is 1. The van der Waals surface area contributed by atoms with Crippen molar-refractivity contribution in [3.63, 3.8) is 0 Å². The Labute approximate surface area is 100 Å². The second-order valence-electron chi connectivity index (χ2n) is 4.17. The molecule has 0 aliphatic carbocycles. The second-order valence-corrected chi connectivity index (χ2v) is 4.17. The van der Waals surface area contributed by atoms with Crippen molar-refractivity contribution in [3.05, 3.63) is 24.0 Å². The predicted molar refractivity (Wildman–Crippen MR) is 66.5 cm³/mol. The minimum atomic E-state index is 0.126. The Morgan fingerprint density at radius 3 is 2.76 bits per heavy atom. The van der Waals surface area contributed by atoms with Crippen molar-refractivity contribution >= 4 is 11.5 Å². The van der Waals surface area contributed by atoms with Gasteiger partial charge in [0.1, 0.15) is 0 Å². The summed E-state index contributed by atoms with van der Waals surface area (Å²) in [5, 5.41) is 11.8. The van der Waals surface area contributed by atoms with E-state index in [0.717, 1.165) is 37.4 Å². The molecule has 0 aromatic carbocycles. The van der Waals surface area contributed by atoms with Crippen molar-refractivity contribution in [1.82, 2.24) is 9.88 Å². The standard InChI is InChI=1S/C11H17N5O/c1-15-4-6-16(7-5-15)10-8-13-3-2-9(10)11(12)14-17/h2-3,8,17H,4-7H2,1H3,(H2,12,14). The van der Waals surface area contributed by atoms with E-state index in [9.17, 15) is 0 Å². The quantitative estimate of drug-likeness (QED) is 0.325. The summed E-state index contributed by atoms with van der Waals surface area (Å²) in [6.07, 6.45) is 3.41. The maximum absolute atomic E-state index is 8.77. The summed E-state index contributed by atoms with van der Waals surface area (Å²) < 4.78 is 0. The van der Waals surface area contributed by atoms with Gasteiger partial charge in [0, 0.05) is 37.9 Å². The van der Waals surface area contributed by atoms with Crippen LogP contribution >= 0.6 is 0 Å². The van der Waals surface area contributed by atoms with Crippen LogP contribution in [0.15, 0.2) is 23.6 Å². The molecule has 0 spiro atoms. The smallest absolute Gasteiger partial charge is 0.172 e. The van der Waals surface area contributed by atoms with Crippen LogP contribution in [-0.2, 0) is 0 Å². The van der Waals surface area contributed by atoms with Crippen LogP contribution in [0.4, 0.5) is 5.69 Å². The van der Waals surface area contributed by atoms with E-state index in [1.54, 1.807) is 18.5 Å². The fourth-order valence-corrected chi connectivity index (χ4v) is 1.96. The van der Waals surface area contributed by atoms with E-state index in [1.807, 2.05) is 0 Å². The number of nitrogens with zero attached hydrogens (tertiary/aromatic N) is 4. The highest BCUT2D eigenvalue weighted by atomic mass is 16.4. The van der Waals surface area contributed by atoms with Crippen LogP contribution in [0.1, 0.15) is 5.56 Å². The van der Waals surface area contributed by atoms with Crippen molar-refractivity contribution in [3.8, 4) is 0 Å². The molecule has 6 nitrogen and oxygen atoms in total. The number of hydrogen-bond acceptors (Lipinski definition) is 5. The first-order valence-electron chi connectivity index (χ1n) is 5.58. The van der Waals surface area contributed by atoms with Crippen molar-refractivity contribution in [1.29, 1.82) is 0 Å². The van der Waals surface area contributed by atoms with E-state index in [4.69, 9.17) is 10.9 Å². The van der Waals surface area contributed by atoms with E-state index in [0.29, 0.717) is 0 Å². The number of anilines is 1. The zero-order valence-electron chi connectivity index (χ0n) is 9.87. The zero-order chi connectivity index (χ0) is 12.3. The SMILES string of the molecule is CN1CCN(c2cnccc2/C(N)=N/O)CC1. The van der Waals surface area contributed by atoms with Gasteiger partial charge in [0.05, 0.1) is 11.9 Å².